The fraction of sp³-hybridized carbons (Fsp3) is 0.0714. The van der Waals surface area contributed by atoms with E-state index < -0.39 is 28.8 Å². The summed E-state index contributed by atoms with van der Waals surface area (Å²) in [7, 11) is 1.39. The van der Waals surface area contributed by atoms with Gasteiger partial charge in [0.2, 0.25) is 0 Å². The van der Waals surface area contributed by atoms with Gasteiger partial charge in [-0.05, 0) is 24.3 Å². The van der Waals surface area contributed by atoms with Crippen LogP contribution in [0.15, 0.2) is 30.3 Å². The summed E-state index contributed by atoms with van der Waals surface area (Å²) in [5.74, 6) is -4.34. The molecule has 0 bridgehead atoms. The zero-order valence-electron chi connectivity index (χ0n) is 10.4. The van der Waals surface area contributed by atoms with E-state index in [1.807, 2.05) is 0 Å². The van der Waals surface area contributed by atoms with Crippen LogP contribution in [0.3, 0.4) is 0 Å². The van der Waals surface area contributed by atoms with Gasteiger partial charge in [-0.1, -0.05) is 0 Å². The zero-order valence-corrected chi connectivity index (χ0v) is 10.4. The smallest absolute Gasteiger partial charge is 0.198 e. The second kappa shape index (κ2) is 5.24. The number of hydrogen-bond acceptors (Lipinski definition) is 3. The summed E-state index contributed by atoms with van der Waals surface area (Å²) in [5.41, 5.74) is 5.08. The number of nitrogens with two attached hydrogens (primary N) is 1. The van der Waals surface area contributed by atoms with E-state index in [1.165, 1.54) is 25.3 Å². The highest BCUT2D eigenvalue weighted by Crippen LogP contribution is 2.24. The number of halogens is 3. The van der Waals surface area contributed by atoms with Crippen LogP contribution in [0.2, 0.25) is 0 Å². The van der Waals surface area contributed by atoms with Crippen molar-refractivity contribution in [2.45, 2.75) is 0 Å². The van der Waals surface area contributed by atoms with E-state index in [1.54, 1.807) is 0 Å². The minimum Gasteiger partial charge on any atom is -0.497 e. The number of anilines is 1. The van der Waals surface area contributed by atoms with Crippen LogP contribution in [0.1, 0.15) is 15.9 Å². The Hall–Kier alpha value is -2.50. The van der Waals surface area contributed by atoms with E-state index in [2.05, 4.69) is 0 Å². The van der Waals surface area contributed by atoms with Gasteiger partial charge in [0.25, 0.3) is 0 Å². The molecule has 3 nitrogen and oxygen atoms in total. The summed E-state index contributed by atoms with van der Waals surface area (Å²) >= 11 is 0. The van der Waals surface area contributed by atoms with E-state index in [4.69, 9.17) is 10.5 Å². The van der Waals surface area contributed by atoms with Gasteiger partial charge in [0, 0.05) is 17.3 Å². The Morgan fingerprint density at radius 1 is 1.00 bits per heavy atom. The highest BCUT2D eigenvalue weighted by atomic mass is 19.2. The summed E-state index contributed by atoms with van der Waals surface area (Å²) in [6.45, 7) is 0. The lowest BCUT2D eigenvalue weighted by atomic mass is 10.0. The standard InChI is InChI=1S/C14H10F3NO2/c1-20-7-2-3-13(18)9(4-7)14(19)8-5-11(16)12(17)6-10(8)15/h2-6H,18H2,1H3. The summed E-state index contributed by atoms with van der Waals surface area (Å²) in [4.78, 5) is 12.2. The summed E-state index contributed by atoms with van der Waals surface area (Å²) in [5, 5.41) is 0. The molecule has 2 rings (SSSR count). The number of carbonyl (C=O) groups excluding carboxylic acids is 1. The lowest BCUT2D eigenvalue weighted by Crippen LogP contribution is -2.09. The summed E-state index contributed by atoms with van der Waals surface area (Å²) < 4.78 is 44.5. The molecule has 0 saturated heterocycles. The molecular formula is C14H10F3NO2. The van der Waals surface area contributed by atoms with Gasteiger partial charge in [-0.2, -0.15) is 0 Å². The molecule has 0 aliphatic heterocycles. The first kappa shape index (κ1) is 13.9. The quantitative estimate of drug-likeness (QED) is 0.534. The average molecular weight is 281 g/mol. The van der Waals surface area contributed by atoms with Crippen LogP contribution < -0.4 is 10.5 Å². The van der Waals surface area contributed by atoms with Crippen LogP contribution in [0, 0.1) is 17.5 Å². The normalized spacial score (nSPS) is 10.4. The van der Waals surface area contributed by atoms with Gasteiger partial charge in [-0.15, -0.1) is 0 Å². The maximum atomic E-state index is 13.6. The number of ketones is 1. The Morgan fingerprint density at radius 3 is 2.30 bits per heavy atom. The number of ether oxygens (including phenoxy) is 1. The van der Waals surface area contributed by atoms with E-state index >= 15 is 0 Å². The molecule has 0 heterocycles. The van der Waals surface area contributed by atoms with Crippen LogP contribution in [0.5, 0.6) is 5.75 Å². The SMILES string of the molecule is COc1ccc(N)c(C(=O)c2cc(F)c(F)cc2F)c1. The van der Waals surface area contributed by atoms with Crippen molar-refractivity contribution in [3.63, 3.8) is 0 Å². The molecule has 0 amide bonds. The first-order valence-electron chi connectivity index (χ1n) is 5.56. The zero-order chi connectivity index (χ0) is 14.9. The number of benzene rings is 2. The van der Waals surface area contributed by atoms with Crippen molar-refractivity contribution in [1.82, 2.24) is 0 Å². The van der Waals surface area contributed by atoms with Crippen molar-refractivity contribution < 1.29 is 22.7 Å². The summed E-state index contributed by atoms with van der Waals surface area (Å²) in [6.07, 6.45) is 0. The van der Waals surface area contributed by atoms with Crippen LogP contribution in [-0.2, 0) is 0 Å². The van der Waals surface area contributed by atoms with E-state index in [-0.39, 0.29) is 11.3 Å². The van der Waals surface area contributed by atoms with Crippen LogP contribution in [0.4, 0.5) is 18.9 Å². The van der Waals surface area contributed by atoms with E-state index in [0.29, 0.717) is 17.9 Å². The molecule has 6 heteroatoms. The second-order valence-electron chi connectivity index (χ2n) is 4.03. The third-order valence-electron chi connectivity index (χ3n) is 2.76. The molecule has 0 aliphatic carbocycles. The van der Waals surface area contributed by atoms with Crippen molar-refractivity contribution in [1.29, 1.82) is 0 Å². The molecule has 20 heavy (non-hydrogen) atoms. The summed E-state index contributed by atoms with van der Waals surface area (Å²) in [6, 6.07) is 5.06. The molecular weight excluding hydrogens is 271 g/mol. The van der Waals surface area contributed by atoms with Gasteiger partial charge in [-0.25, -0.2) is 13.2 Å². The lowest BCUT2D eigenvalue weighted by Gasteiger charge is -2.08. The molecule has 0 radical (unpaired) electrons. The highest BCUT2D eigenvalue weighted by molar-refractivity contribution is 6.12. The number of rotatable bonds is 3. The van der Waals surface area contributed by atoms with Crippen molar-refractivity contribution in [3.05, 3.63) is 58.9 Å². The topological polar surface area (TPSA) is 52.3 Å². The number of carbonyl (C=O) groups is 1. The Labute approximate surface area is 112 Å². The lowest BCUT2D eigenvalue weighted by molar-refractivity contribution is 0.103. The third kappa shape index (κ3) is 2.45. The van der Waals surface area contributed by atoms with Gasteiger partial charge < -0.3 is 10.5 Å². The van der Waals surface area contributed by atoms with Crippen molar-refractivity contribution in [2.75, 3.05) is 12.8 Å². The Balaban J connectivity index is 2.54. The minimum absolute atomic E-state index is 0.0470. The molecule has 2 aromatic rings. The molecule has 0 fully saturated rings. The van der Waals surface area contributed by atoms with E-state index in [9.17, 15) is 18.0 Å². The predicted molar refractivity (Wildman–Crippen MR) is 67.2 cm³/mol. The number of nitrogen functional groups attached to an aromatic ring is 1. The predicted octanol–water partition coefficient (Wildman–Crippen LogP) is 2.93. The Morgan fingerprint density at radius 2 is 1.65 bits per heavy atom. The van der Waals surface area contributed by atoms with Crippen molar-refractivity contribution in [3.8, 4) is 5.75 Å². The second-order valence-corrected chi connectivity index (χ2v) is 4.03. The van der Waals surface area contributed by atoms with Gasteiger partial charge >= 0.3 is 0 Å². The third-order valence-corrected chi connectivity index (χ3v) is 2.76. The van der Waals surface area contributed by atoms with Gasteiger partial charge in [0.1, 0.15) is 11.6 Å². The average Bonchev–Trinajstić information content (AvgIpc) is 2.42. The van der Waals surface area contributed by atoms with Gasteiger partial charge in [-0.3, -0.25) is 4.79 Å². The molecule has 0 aromatic heterocycles. The molecule has 0 atom stereocenters. The maximum Gasteiger partial charge on any atom is 0.198 e. The monoisotopic (exact) mass is 281 g/mol. The fourth-order valence-electron chi connectivity index (χ4n) is 1.70. The molecule has 0 unspecified atom stereocenters. The molecule has 2 aromatic carbocycles. The first-order chi connectivity index (χ1) is 9.43. The van der Waals surface area contributed by atoms with Crippen LogP contribution in [-0.4, -0.2) is 12.9 Å². The van der Waals surface area contributed by atoms with Gasteiger partial charge in [0.15, 0.2) is 17.4 Å². The fourth-order valence-corrected chi connectivity index (χ4v) is 1.70. The molecule has 0 aliphatic rings. The Bertz CT molecular complexity index is 686. The van der Waals surface area contributed by atoms with Crippen LogP contribution >= 0.6 is 0 Å². The minimum atomic E-state index is -1.36. The van der Waals surface area contributed by atoms with E-state index in [0.717, 1.165) is 0 Å². The largest absolute Gasteiger partial charge is 0.497 e. The Kier molecular flexibility index (Phi) is 3.65. The van der Waals surface area contributed by atoms with Gasteiger partial charge in [0.05, 0.1) is 12.7 Å². The maximum absolute atomic E-state index is 13.6. The molecule has 104 valence electrons. The number of methoxy groups -OCH3 is 1. The number of hydrogen-bond donors (Lipinski definition) is 1. The molecule has 0 saturated carbocycles. The first-order valence-corrected chi connectivity index (χ1v) is 5.56. The van der Waals surface area contributed by atoms with Crippen molar-refractivity contribution in [2.24, 2.45) is 0 Å². The molecule has 2 N–H and O–H groups in total. The van der Waals surface area contributed by atoms with Crippen molar-refractivity contribution >= 4 is 11.5 Å². The highest BCUT2D eigenvalue weighted by Gasteiger charge is 2.20. The van der Waals surface area contributed by atoms with Crippen LogP contribution in [0.25, 0.3) is 0 Å². The molecule has 0 spiro atoms.